The van der Waals surface area contributed by atoms with Crippen LogP contribution in [0.2, 0.25) is 0 Å². The van der Waals surface area contributed by atoms with Gasteiger partial charge in [0.25, 0.3) is 0 Å². The quantitative estimate of drug-likeness (QED) is 0.169. The Labute approximate surface area is 311 Å². The van der Waals surface area contributed by atoms with Crippen molar-refractivity contribution in [1.29, 1.82) is 0 Å². The Hall–Kier alpha value is -7.17. The molecule has 54 heavy (non-hydrogen) atoms. The molecule has 0 unspecified atom stereocenters. The smallest absolute Gasteiger partial charge is 0.163 e. The molecular weight excluding hydrogens is 659 g/mol. The Bertz CT molecular complexity index is 3220. The van der Waals surface area contributed by atoms with E-state index in [2.05, 4.69) is 146 Å². The van der Waals surface area contributed by atoms with Crippen molar-refractivity contribution in [2.45, 2.75) is 6.42 Å². The Morgan fingerprint density at radius 2 is 0.944 bits per heavy atom. The van der Waals surface area contributed by atoms with Gasteiger partial charge >= 0.3 is 0 Å². The van der Waals surface area contributed by atoms with E-state index in [1.807, 2.05) is 30.3 Å². The lowest BCUT2D eigenvalue weighted by atomic mass is 9.92. The molecule has 0 aliphatic heterocycles. The molecule has 0 atom stereocenters. The second kappa shape index (κ2) is 12.2. The minimum absolute atomic E-state index is 0.522. The fourth-order valence-corrected chi connectivity index (χ4v) is 8.16. The Morgan fingerprint density at radius 3 is 1.70 bits per heavy atom. The standard InChI is InChI=1S/C50H31N3O/c1-2-12-32(13-3-1)49-51-47(52-50(53-49)37-22-21-31-11-4-5-14-33(31)27-37)30-36-15-10-20-46-48(36)44-29-35(24-26-45(44)54-46)34-23-25-42-40-18-7-6-16-38(40)39-17-8-9-19-41(39)43(42)28-34/h1-29H,30H2. The van der Waals surface area contributed by atoms with Crippen LogP contribution in [0.15, 0.2) is 180 Å². The predicted molar refractivity (Wildman–Crippen MR) is 223 cm³/mol. The first-order valence-corrected chi connectivity index (χ1v) is 18.3. The molecule has 0 spiro atoms. The minimum atomic E-state index is 0.522. The fraction of sp³-hybridized carbons (Fsp3) is 0.0200. The molecule has 0 aliphatic rings. The normalized spacial score (nSPS) is 11.8. The molecule has 11 rings (SSSR count). The van der Waals surface area contributed by atoms with Crippen molar-refractivity contribution < 1.29 is 4.42 Å². The van der Waals surface area contributed by atoms with Crippen LogP contribution >= 0.6 is 0 Å². The van der Waals surface area contributed by atoms with Gasteiger partial charge in [0, 0.05) is 28.3 Å². The summed E-state index contributed by atoms with van der Waals surface area (Å²) in [5.74, 6) is 2.03. The van der Waals surface area contributed by atoms with Gasteiger partial charge in [0.05, 0.1) is 0 Å². The van der Waals surface area contributed by atoms with Crippen LogP contribution in [0.4, 0.5) is 0 Å². The van der Waals surface area contributed by atoms with Gasteiger partial charge < -0.3 is 4.42 Å². The summed E-state index contributed by atoms with van der Waals surface area (Å²) in [6.07, 6.45) is 0.522. The number of rotatable bonds is 5. The Morgan fingerprint density at radius 1 is 0.352 bits per heavy atom. The number of aromatic nitrogens is 3. The maximum atomic E-state index is 6.47. The van der Waals surface area contributed by atoms with Gasteiger partial charge in [0.15, 0.2) is 11.6 Å². The number of fused-ring (bicyclic) bond motifs is 10. The van der Waals surface area contributed by atoms with Crippen molar-refractivity contribution in [1.82, 2.24) is 15.0 Å². The highest BCUT2D eigenvalue weighted by molar-refractivity contribution is 6.25. The van der Waals surface area contributed by atoms with E-state index in [-0.39, 0.29) is 0 Å². The van der Waals surface area contributed by atoms with Crippen LogP contribution in [0.25, 0.3) is 98.9 Å². The monoisotopic (exact) mass is 689 g/mol. The molecule has 4 heteroatoms. The van der Waals surface area contributed by atoms with E-state index in [4.69, 9.17) is 19.4 Å². The topological polar surface area (TPSA) is 51.8 Å². The SMILES string of the molecule is c1ccc(-c2nc(Cc3cccc4oc5ccc(-c6ccc7c8ccccc8c8ccccc8c7c6)cc5c34)nc(-c3ccc4ccccc4c3)n2)cc1. The van der Waals surface area contributed by atoms with Crippen LogP contribution in [0.1, 0.15) is 11.4 Å². The lowest BCUT2D eigenvalue weighted by Crippen LogP contribution is -2.04. The van der Waals surface area contributed by atoms with Gasteiger partial charge in [0.1, 0.15) is 17.0 Å². The van der Waals surface area contributed by atoms with Crippen molar-refractivity contribution in [3.63, 3.8) is 0 Å². The highest BCUT2D eigenvalue weighted by Crippen LogP contribution is 2.39. The maximum Gasteiger partial charge on any atom is 0.163 e. The fourth-order valence-electron chi connectivity index (χ4n) is 8.16. The Kier molecular flexibility index (Phi) is 6.89. The molecule has 2 aromatic heterocycles. The van der Waals surface area contributed by atoms with Crippen molar-refractivity contribution in [2.24, 2.45) is 0 Å². The van der Waals surface area contributed by atoms with Crippen LogP contribution in [0.3, 0.4) is 0 Å². The molecule has 0 fully saturated rings. The molecular formula is C50H31N3O. The first-order valence-electron chi connectivity index (χ1n) is 18.3. The van der Waals surface area contributed by atoms with Gasteiger partial charge in [0.2, 0.25) is 0 Å². The van der Waals surface area contributed by atoms with Crippen molar-refractivity contribution in [2.75, 3.05) is 0 Å². The zero-order valence-corrected chi connectivity index (χ0v) is 29.2. The molecule has 2 heterocycles. The lowest BCUT2D eigenvalue weighted by Gasteiger charge is -2.12. The van der Waals surface area contributed by atoms with E-state index >= 15 is 0 Å². The number of hydrogen-bond donors (Lipinski definition) is 0. The molecule has 0 radical (unpaired) electrons. The first kappa shape index (κ1) is 30.5. The van der Waals surface area contributed by atoms with Gasteiger partial charge in [-0.25, -0.2) is 15.0 Å². The summed E-state index contributed by atoms with van der Waals surface area (Å²) in [7, 11) is 0. The number of benzene rings is 9. The zero-order chi connectivity index (χ0) is 35.6. The molecule has 0 saturated heterocycles. The van der Waals surface area contributed by atoms with Crippen molar-refractivity contribution >= 4 is 65.0 Å². The molecule has 0 bridgehead atoms. The predicted octanol–water partition coefficient (Wildman–Crippen LogP) is 13.0. The van der Waals surface area contributed by atoms with Crippen LogP contribution in [0, 0.1) is 0 Å². The summed E-state index contributed by atoms with van der Waals surface area (Å²) in [4.78, 5) is 15.1. The first-order chi connectivity index (χ1) is 26.7. The molecule has 4 nitrogen and oxygen atoms in total. The zero-order valence-electron chi connectivity index (χ0n) is 29.2. The molecule has 0 amide bonds. The van der Waals surface area contributed by atoms with E-state index in [9.17, 15) is 0 Å². The summed E-state index contributed by atoms with van der Waals surface area (Å²) >= 11 is 0. The van der Waals surface area contributed by atoms with Crippen molar-refractivity contribution in [3.05, 3.63) is 187 Å². The van der Waals surface area contributed by atoms with E-state index in [0.29, 0.717) is 23.9 Å². The van der Waals surface area contributed by atoms with Crippen LogP contribution in [0.5, 0.6) is 0 Å². The van der Waals surface area contributed by atoms with Gasteiger partial charge in [-0.05, 0) is 90.1 Å². The number of hydrogen-bond acceptors (Lipinski definition) is 4. The van der Waals surface area contributed by atoms with E-state index in [1.54, 1.807) is 0 Å². The number of nitrogens with zero attached hydrogens (tertiary/aromatic N) is 3. The second-order valence-electron chi connectivity index (χ2n) is 14.0. The average Bonchev–Trinajstić information content (AvgIpc) is 3.62. The molecule has 0 N–H and O–H groups in total. The average molecular weight is 690 g/mol. The summed E-state index contributed by atoms with van der Waals surface area (Å²) in [5, 5.41) is 12.1. The highest BCUT2D eigenvalue weighted by atomic mass is 16.3. The molecule has 0 saturated carbocycles. The minimum Gasteiger partial charge on any atom is -0.456 e. The maximum absolute atomic E-state index is 6.47. The third-order valence-electron chi connectivity index (χ3n) is 10.7. The summed E-state index contributed by atoms with van der Waals surface area (Å²) in [6, 6.07) is 62.0. The van der Waals surface area contributed by atoms with Gasteiger partial charge in [-0.1, -0.05) is 146 Å². The van der Waals surface area contributed by atoms with Crippen LogP contribution < -0.4 is 0 Å². The van der Waals surface area contributed by atoms with Crippen LogP contribution in [-0.2, 0) is 6.42 Å². The number of furan rings is 1. The molecule has 9 aromatic carbocycles. The molecule has 11 aromatic rings. The Balaban J connectivity index is 1.05. The van der Waals surface area contributed by atoms with Gasteiger partial charge in [-0.2, -0.15) is 0 Å². The lowest BCUT2D eigenvalue weighted by molar-refractivity contribution is 0.668. The van der Waals surface area contributed by atoms with E-state index in [0.717, 1.165) is 49.6 Å². The molecule has 252 valence electrons. The second-order valence-corrected chi connectivity index (χ2v) is 14.0. The van der Waals surface area contributed by atoms with Crippen LogP contribution in [-0.4, -0.2) is 15.0 Å². The van der Waals surface area contributed by atoms with Crippen molar-refractivity contribution in [3.8, 4) is 33.9 Å². The van der Waals surface area contributed by atoms with E-state index < -0.39 is 0 Å². The summed E-state index contributed by atoms with van der Waals surface area (Å²) < 4.78 is 6.47. The van der Waals surface area contributed by atoms with Gasteiger partial charge in [-0.3, -0.25) is 0 Å². The molecule has 0 aliphatic carbocycles. The largest absolute Gasteiger partial charge is 0.456 e. The van der Waals surface area contributed by atoms with Gasteiger partial charge in [-0.15, -0.1) is 0 Å². The highest BCUT2D eigenvalue weighted by Gasteiger charge is 2.17. The third kappa shape index (κ3) is 5.03. The third-order valence-corrected chi connectivity index (χ3v) is 10.7. The van der Waals surface area contributed by atoms with E-state index in [1.165, 1.54) is 43.3 Å². The summed E-state index contributed by atoms with van der Waals surface area (Å²) in [5.41, 5.74) is 7.04. The summed E-state index contributed by atoms with van der Waals surface area (Å²) in [6.45, 7) is 0.